The number of phenols is 1. The number of benzene rings is 2. The van der Waals surface area contributed by atoms with Crippen LogP contribution in [0.5, 0.6) is 11.8 Å². The van der Waals surface area contributed by atoms with E-state index < -0.39 is 29.7 Å². The molecule has 0 radical (unpaired) electrons. The van der Waals surface area contributed by atoms with E-state index in [0.29, 0.717) is 35.3 Å². The molecule has 0 amide bonds. The number of aromatic hydroxyl groups is 1. The summed E-state index contributed by atoms with van der Waals surface area (Å²) in [5, 5.41) is 22.3. The van der Waals surface area contributed by atoms with Gasteiger partial charge in [-0.2, -0.15) is 9.97 Å². The zero-order valence-electron chi connectivity index (χ0n) is 26.1. The van der Waals surface area contributed by atoms with Crippen LogP contribution in [0.4, 0.5) is 14.6 Å². The van der Waals surface area contributed by atoms with Crippen molar-refractivity contribution in [1.29, 1.82) is 0 Å². The molecule has 3 aliphatic heterocycles. The molecule has 5 heterocycles. The molecule has 0 saturated carbocycles. The number of aromatic nitrogens is 3. The quantitative estimate of drug-likeness (QED) is 0.276. The lowest BCUT2D eigenvalue weighted by Crippen LogP contribution is -2.43. The van der Waals surface area contributed by atoms with E-state index in [1.807, 2.05) is 0 Å². The number of aliphatic hydroxyl groups is 1. The Labute approximate surface area is 265 Å². The lowest BCUT2D eigenvalue weighted by Gasteiger charge is -2.31. The normalized spacial score (nSPS) is 24.7. The smallest absolute Gasteiger partial charge is 0.328 e. The van der Waals surface area contributed by atoms with Crippen LogP contribution in [0, 0.1) is 17.6 Å². The third-order valence-corrected chi connectivity index (χ3v) is 9.90. The fraction of sp³-hybridized carbons (Fsp3) is 0.471. The third-order valence-electron chi connectivity index (χ3n) is 9.90. The molecule has 0 spiro atoms. The number of aryl methyl sites for hydroxylation is 1. The molecule has 3 aliphatic rings. The van der Waals surface area contributed by atoms with E-state index in [1.54, 1.807) is 17.9 Å². The van der Waals surface area contributed by atoms with Gasteiger partial charge in [-0.15, -0.1) is 0 Å². The summed E-state index contributed by atoms with van der Waals surface area (Å²) >= 11 is 0. The van der Waals surface area contributed by atoms with Gasteiger partial charge in [-0.1, -0.05) is 19.9 Å². The molecule has 10 nitrogen and oxygen atoms in total. The van der Waals surface area contributed by atoms with E-state index in [4.69, 9.17) is 9.47 Å². The van der Waals surface area contributed by atoms with Crippen molar-refractivity contribution >= 4 is 33.5 Å². The summed E-state index contributed by atoms with van der Waals surface area (Å²) in [6.07, 6.45) is 4.02. The van der Waals surface area contributed by atoms with Crippen LogP contribution in [0.25, 0.3) is 32.9 Å². The number of phenolic OH excluding ortho intramolecular Hbond substituents is 1. The standard InChI is InChI=1S/C34H37F2N5O5/c1-4-22-25(35)7-6-19-10-20(42)11-23(27(19)22)29-28(36)30-24(14-37-29)31(41-16-21(43)12-26(41)32(44)45-3)39-33(38-30)46-17-34-8-5-9-40(34)15-18(2)13-34/h6-7,10-11,14,18,21,26,42-43H,4-5,8-9,12-13,15-17H2,1-3H3/t18-,21-,26+,34+/m1/s1. The minimum absolute atomic E-state index is 0.0558. The highest BCUT2D eigenvalue weighted by Gasteiger charge is 2.48. The van der Waals surface area contributed by atoms with Crippen molar-refractivity contribution < 1.29 is 33.3 Å². The first-order valence-electron chi connectivity index (χ1n) is 15.8. The number of anilines is 1. The summed E-state index contributed by atoms with van der Waals surface area (Å²) in [5.74, 6) is -1.23. The average Bonchev–Trinajstić information content (AvgIpc) is 3.71. The highest BCUT2D eigenvalue weighted by atomic mass is 19.1. The monoisotopic (exact) mass is 633 g/mol. The van der Waals surface area contributed by atoms with Crippen LogP contribution in [0.1, 0.15) is 45.1 Å². The van der Waals surface area contributed by atoms with E-state index in [2.05, 4.69) is 26.8 Å². The molecule has 242 valence electrons. The van der Waals surface area contributed by atoms with Gasteiger partial charge in [-0.05, 0) is 72.7 Å². The maximum atomic E-state index is 16.9. The minimum Gasteiger partial charge on any atom is -0.508 e. The zero-order chi connectivity index (χ0) is 32.3. The van der Waals surface area contributed by atoms with Crippen molar-refractivity contribution in [3.8, 4) is 23.0 Å². The second-order valence-electron chi connectivity index (χ2n) is 12.9. The zero-order valence-corrected chi connectivity index (χ0v) is 26.1. The van der Waals surface area contributed by atoms with Crippen LogP contribution < -0.4 is 9.64 Å². The molecule has 2 aromatic carbocycles. The molecular formula is C34H37F2N5O5. The van der Waals surface area contributed by atoms with Gasteiger partial charge in [-0.3, -0.25) is 9.88 Å². The van der Waals surface area contributed by atoms with Crippen molar-refractivity contribution in [2.75, 3.05) is 38.3 Å². The van der Waals surface area contributed by atoms with E-state index >= 15 is 4.39 Å². The molecule has 0 unspecified atom stereocenters. The summed E-state index contributed by atoms with van der Waals surface area (Å²) in [5.41, 5.74) is 0.207. The number of carbonyl (C=O) groups is 1. The van der Waals surface area contributed by atoms with Crippen LogP contribution >= 0.6 is 0 Å². The Kier molecular flexibility index (Phi) is 7.67. The van der Waals surface area contributed by atoms with E-state index in [1.165, 1.54) is 31.5 Å². The van der Waals surface area contributed by atoms with Gasteiger partial charge in [0.05, 0.1) is 24.1 Å². The van der Waals surface area contributed by atoms with Gasteiger partial charge >= 0.3 is 12.0 Å². The molecule has 0 aliphatic carbocycles. The average molecular weight is 634 g/mol. The number of aliphatic hydroxyl groups excluding tert-OH is 1. The molecule has 0 bridgehead atoms. The van der Waals surface area contributed by atoms with Crippen LogP contribution in [-0.4, -0.2) is 87.1 Å². The Morgan fingerprint density at radius 1 is 1.20 bits per heavy atom. The van der Waals surface area contributed by atoms with Crippen molar-refractivity contribution in [2.45, 2.75) is 63.6 Å². The second-order valence-corrected chi connectivity index (χ2v) is 12.9. The number of halogens is 2. The van der Waals surface area contributed by atoms with Gasteiger partial charge in [0.1, 0.15) is 41.2 Å². The van der Waals surface area contributed by atoms with E-state index in [0.717, 1.165) is 32.4 Å². The van der Waals surface area contributed by atoms with E-state index in [9.17, 15) is 19.4 Å². The van der Waals surface area contributed by atoms with Crippen molar-refractivity contribution in [2.24, 2.45) is 5.92 Å². The Morgan fingerprint density at radius 3 is 2.80 bits per heavy atom. The number of pyridine rings is 1. The number of hydrogen-bond acceptors (Lipinski definition) is 10. The summed E-state index contributed by atoms with van der Waals surface area (Å²) in [6, 6.07) is 4.82. The molecule has 46 heavy (non-hydrogen) atoms. The fourth-order valence-corrected chi connectivity index (χ4v) is 7.95. The maximum absolute atomic E-state index is 16.9. The predicted molar refractivity (Wildman–Crippen MR) is 168 cm³/mol. The number of rotatable bonds is 7. The van der Waals surface area contributed by atoms with E-state index in [-0.39, 0.29) is 58.2 Å². The SMILES string of the molecule is CCc1c(F)ccc2cc(O)cc(-c3ncc4c(N5C[C@H](O)C[C@H]5C(=O)OC)nc(OC[C@@]56CCCN5C[C@H](C)C6)nc4c3F)c12. The first kappa shape index (κ1) is 30.5. The lowest BCUT2D eigenvalue weighted by molar-refractivity contribution is -0.142. The first-order chi connectivity index (χ1) is 22.1. The molecule has 2 aromatic heterocycles. The highest BCUT2D eigenvalue weighted by molar-refractivity contribution is 6.02. The van der Waals surface area contributed by atoms with Gasteiger partial charge in [0.25, 0.3) is 0 Å². The van der Waals surface area contributed by atoms with Gasteiger partial charge in [0.15, 0.2) is 5.82 Å². The molecule has 3 fully saturated rings. The Bertz CT molecular complexity index is 1860. The number of carbonyl (C=O) groups excluding carboxylic acids is 1. The van der Waals surface area contributed by atoms with Gasteiger partial charge < -0.3 is 24.6 Å². The summed E-state index contributed by atoms with van der Waals surface area (Å²) in [4.78, 5) is 30.5. The van der Waals surface area contributed by atoms with Crippen molar-refractivity contribution in [3.63, 3.8) is 0 Å². The van der Waals surface area contributed by atoms with Crippen molar-refractivity contribution in [1.82, 2.24) is 19.9 Å². The molecule has 7 rings (SSSR count). The number of methoxy groups -OCH3 is 1. The topological polar surface area (TPSA) is 121 Å². The molecule has 3 saturated heterocycles. The summed E-state index contributed by atoms with van der Waals surface area (Å²) < 4.78 is 43.1. The van der Waals surface area contributed by atoms with Crippen LogP contribution in [0.3, 0.4) is 0 Å². The molecule has 12 heteroatoms. The number of esters is 1. The number of nitrogens with zero attached hydrogens (tertiary/aromatic N) is 5. The Hall–Kier alpha value is -4.16. The Morgan fingerprint density at radius 2 is 2.02 bits per heavy atom. The lowest BCUT2D eigenvalue weighted by atomic mass is 9.92. The van der Waals surface area contributed by atoms with Gasteiger partial charge in [-0.25, -0.2) is 13.6 Å². The maximum Gasteiger partial charge on any atom is 0.328 e. The van der Waals surface area contributed by atoms with Gasteiger partial charge in [0.2, 0.25) is 0 Å². The minimum atomic E-state index is -0.863. The second kappa shape index (κ2) is 11.6. The largest absolute Gasteiger partial charge is 0.508 e. The first-order valence-corrected chi connectivity index (χ1v) is 15.8. The van der Waals surface area contributed by atoms with Gasteiger partial charge in [0, 0.05) is 31.3 Å². The summed E-state index contributed by atoms with van der Waals surface area (Å²) in [7, 11) is 1.27. The number of ether oxygens (including phenoxy) is 2. The summed E-state index contributed by atoms with van der Waals surface area (Å²) in [6.45, 7) is 6.39. The number of β-amino-alcohol motifs (C(OH)–C–C–N with tert-alkyl or cyclic N) is 1. The predicted octanol–water partition coefficient (Wildman–Crippen LogP) is 4.76. The van der Waals surface area contributed by atoms with Crippen LogP contribution in [0.15, 0.2) is 30.5 Å². The number of hydrogen-bond donors (Lipinski definition) is 2. The molecule has 2 N–H and O–H groups in total. The molecule has 4 aromatic rings. The molecule has 4 atom stereocenters. The Balaban J connectivity index is 1.40. The number of fused-ring (bicyclic) bond motifs is 3. The van der Waals surface area contributed by atoms with Crippen LogP contribution in [0.2, 0.25) is 0 Å². The van der Waals surface area contributed by atoms with Crippen LogP contribution in [-0.2, 0) is 16.0 Å². The van der Waals surface area contributed by atoms with Crippen molar-refractivity contribution in [3.05, 3.63) is 47.7 Å². The third kappa shape index (κ3) is 4.98. The molecular weight excluding hydrogens is 596 g/mol. The fourth-order valence-electron chi connectivity index (χ4n) is 7.95. The highest BCUT2D eigenvalue weighted by Crippen LogP contribution is 2.43.